The van der Waals surface area contributed by atoms with Gasteiger partial charge in [-0.05, 0) is 31.0 Å². The van der Waals surface area contributed by atoms with Crippen LogP contribution in [-0.4, -0.2) is 45.2 Å². The van der Waals surface area contributed by atoms with Crippen LogP contribution in [0.4, 0.5) is 5.69 Å². The molecule has 5 nitrogen and oxygen atoms in total. The third kappa shape index (κ3) is 2.73. The summed E-state index contributed by atoms with van der Waals surface area (Å²) in [7, 11) is 1.60. The van der Waals surface area contributed by atoms with E-state index < -0.39 is 11.7 Å². The molecule has 1 heterocycles. The van der Waals surface area contributed by atoms with Gasteiger partial charge in [-0.1, -0.05) is 6.07 Å². The summed E-state index contributed by atoms with van der Waals surface area (Å²) >= 11 is 0. The average molecular weight is 277 g/mol. The van der Waals surface area contributed by atoms with Crippen LogP contribution in [0.1, 0.15) is 21.5 Å². The molecule has 0 aromatic heterocycles. The first-order chi connectivity index (χ1) is 9.56. The molecule has 0 radical (unpaired) electrons. The van der Waals surface area contributed by atoms with Gasteiger partial charge >= 0.3 is 0 Å². The standard InChI is InChI=1S/C15H19NO4/c1-10-8-11(2)13-12(9-10)16(15(18)14(13)17)4-5-20-7-6-19-3/h8-9H,4-7H2,1-3H3. The van der Waals surface area contributed by atoms with Crippen molar-refractivity contribution in [1.82, 2.24) is 0 Å². The molecule has 0 atom stereocenters. The van der Waals surface area contributed by atoms with Crippen molar-refractivity contribution in [2.24, 2.45) is 0 Å². The SMILES string of the molecule is COCCOCCN1C(=O)C(=O)c2c(C)cc(C)cc21. The summed E-state index contributed by atoms with van der Waals surface area (Å²) in [6.45, 7) is 5.57. The molecule has 2 rings (SSSR count). The molecule has 0 saturated heterocycles. The number of ketones is 1. The van der Waals surface area contributed by atoms with E-state index in [9.17, 15) is 9.59 Å². The Morgan fingerprint density at radius 2 is 1.85 bits per heavy atom. The first kappa shape index (κ1) is 14.7. The second kappa shape index (κ2) is 6.15. The highest BCUT2D eigenvalue weighted by atomic mass is 16.5. The molecule has 5 heteroatoms. The topological polar surface area (TPSA) is 55.8 Å². The summed E-state index contributed by atoms with van der Waals surface area (Å²) in [6, 6.07) is 3.79. The molecule has 1 amide bonds. The Labute approximate surface area is 118 Å². The van der Waals surface area contributed by atoms with Gasteiger partial charge in [0.2, 0.25) is 0 Å². The average Bonchev–Trinajstić information content (AvgIpc) is 2.63. The molecule has 0 fully saturated rings. The van der Waals surface area contributed by atoms with Crippen molar-refractivity contribution in [3.8, 4) is 0 Å². The van der Waals surface area contributed by atoms with Crippen molar-refractivity contribution in [1.29, 1.82) is 0 Å². The molecule has 0 N–H and O–H groups in total. The molecule has 1 aromatic carbocycles. The highest BCUT2D eigenvalue weighted by molar-refractivity contribution is 6.52. The van der Waals surface area contributed by atoms with E-state index in [1.807, 2.05) is 26.0 Å². The fraction of sp³-hybridized carbons (Fsp3) is 0.467. The Kier molecular flexibility index (Phi) is 4.52. The maximum atomic E-state index is 12.0. The van der Waals surface area contributed by atoms with Gasteiger partial charge in [0.15, 0.2) is 0 Å². The van der Waals surface area contributed by atoms with Gasteiger partial charge in [-0.2, -0.15) is 0 Å². The molecule has 1 aliphatic heterocycles. The van der Waals surface area contributed by atoms with Crippen molar-refractivity contribution < 1.29 is 19.1 Å². The van der Waals surface area contributed by atoms with Gasteiger partial charge in [-0.15, -0.1) is 0 Å². The van der Waals surface area contributed by atoms with E-state index in [1.54, 1.807) is 7.11 Å². The fourth-order valence-electron chi connectivity index (χ4n) is 2.41. The molecule has 0 bridgehead atoms. The predicted molar refractivity (Wildman–Crippen MR) is 75.3 cm³/mol. The van der Waals surface area contributed by atoms with Gasteiger partial charge in [-0.3, -0.25) is 9.59 Å². The highest BCUT2D eigenvalue weighted by Gasteiger charge is 2.36. The second-order valence-corrected chi connectivity index (χ2v) is 4.87. The molecular weight excluding hydrogens is 258 g/mol. The molecule has 108 valence electrons. The van der Waals surface area contributed by atoms with Crippen LogP contribution in [0.5, 0.6) is 0 Å². The molecule has 0 aliphatic carbocycles. The maximum absolute atomic E-state index is 12.0. The third-order valence-electron chi connectivity index (χ3n) is 3.31. The summed E-state index contributed by atoms with van der Waals surface area (Å²) in [5.74, 6) is -0.890. The van der Waals surface area contributed by atoms with Crippen LogP contribution in [0.2, 0.25) is 0 Å². The lowest BCUT2D eigenvalue weighted by molar-refractivity contribution is -0.114. The predicted octanol–water partition coefficient (Wildman–Crippen LogP) is 1.50. The zero-order chi connectivity index (χ0) is 14.7. The van der Waals surface area contributed by atoms with E-state index in [0.717, 1.165) is 11.1 Å². The number of amides is 1. The van der Waals surface area contributed by atoms with E-state index in [4.69, 9.17) is 9.47 Å². The van der Waals surface area contributed by atoms with Crippen LogP contribution < -0.4 is 4.90 Å². The number of ether oxygens (including phenoxy) is 2. The van der Waals surface area contributed by atoms with Crippen LogP contribution in [0.15, 0.2) is 12.1 Å². The Morgan fingerprint density at radius 1 is 1.10 bits per heavy atom. The number of aryl methyl sites for hydroxylation is 2. The van der Waals surface area contributed by atoms with Gasteiger partial charge in [0.1, 0.15) is 0 Å². The van der Waals surface area contributed by atoms with Crippen LogP contribution in [0, 0.1) is 13.8 Å². The number of rotatable bonds is 6. The summed E-state index contributed by atoms with van der Waals surface area (Å²) in [5.41, 5.74) is 3.11. The highest BCUT2D eigenvalue weighted by Crippen LogP contribution is 2.32. The van der Waals surface area contributed by atoms with Crippen molar-refractivity contribution in [2.75, 3.05) is 38.4 Å². The zero-order valence-electron chi connectivity index (χ0n) is 12.1. The minimum Gasteiger partial charge on any atom is -0.382 e. The van der Waals surface area contributed by atoms with E-state index in [-0.39, 0.29) is 0 Å². The molecule has 0 unspecified atom stereocenters. The summed E-state index contributed by atoms with van der Waals surface area (Å²) in [6.07, 6.45) is 0. The molecule has 0 saturated carbocycles. The number of methoxy groups -OCH3 is 1. The Morgan fingerprint density at radius 3 is 2.55 bits per heavy atom. The van der Waals surface area contributed by atoms with Crippen LogP contribution in [0.3, 0.4) is 0 Å². The minimum atomic E-state index is -0.468. The van der Waals surface area contributed by atoms with E-state index in [2.05, 4.69) is 0 Å². The van der Waals surface area contributed by atoms with Crippen molar-refractivity contribution in [3.63, 3.8) is 0 Å². The van der Waals surface area contributed by atoms with Crippen LogP contribution in [0.25, 0.3) is 0 Å². The van der Waals surface area contributed by atoms with Crippen LogP contribution in [-0.2, 0) is 14.3 Å². The summed E-state index contributed by atoms with van der Waals surface area (Å²) in [4.78, 5) is 25.6. The number of carbonyl (C=O) groups is 2. The Balaban J connectivity index is 2.12. The van der Waals surface area contributed by atoms with E-state index in [0.29, 0.717) is 37.6 Å². The van der Waals surface area contributed by atoms with Crippen molar-refractivity contribution >= 4 is 17.4 Å². The van der Waals surface area contributed by atoms with Crippen molar-refractivity contribution in [3.05, 3.63) is 28.8 Å². The van der Waals surface area contributed by atoms with Gasteiger partial charge in [0.05, 0.1) is 31.1 Å². The number of anilines is 1. The van der Waals surface area contributed by atoms with E-state index in [1.165, 1.54) is 4.90 Å². The maximum Gasteiger partial charge on any atom is 0.299 e. The Bertz CT molecular complexity index is 539. The number of Topliss-reactive ketones (excluding diaryl/α,β-unsaturated/α-hetero) is 1. The largest absolute Gasteiger partial charge is 0.382 e. The molecule has 20 heavy (non-hydrogen) atoms. The number of hydrogen-bond donors (Lipinski definition) is 0. The number of benzene rings is 1. The first-order valence-electron chi connectivity index (χ1n) is 6.60. The summed E-state index contributed by atoms with van der Waals surface area (Å²) in [5, 5.41) is 0. The fourth-order valence-corrected chi connectivity index (χ4v) is 2.41. The minimum absolute atomic E-state index is 0.379. The normalized spacial score (nSPS) is 14.1. The number of fused-ring (bicyclic) bond motifs is 1. The van der Waals surface area contributed by atoms with Crippen LogP contribution >= 0.6 is 0 Å². The van der Waals surface area contributed by atoms with Crippen molar-refractivity contribution in [2.45, 2.75) is 13.8 Å². The van der Waals surface area contributed by atoms with E-state index >= 15 is 0 Å². The van der Waals surface area contributed by atoms with Gasteiger partial charge < -0.3 is 14.4 Å². The lowest BCUT2D eigenvalue weighted by Crippen LogP contribution is -2.33. The quantitative estimate of drug-likeness (QED) is 0.584. The molecule has 0 spiro atoms. The lowest BCUT2D eigenvalue weighted by Gasteiger charge is -2.17. The number of nitrogens with zero attached hydrogens (tertiary/aromatic N) is 1. The molecule has 1 aliphatic rings. The third-order valence-corrected chi connectivity index (χ3v) is 3.31. The van der Waals surface area contributed by atoms with Gasteiger partial charge in [0, 0.05) is 13.7 Å². The number of carbonyl (C=O) groups excluding carboxylic acids is 2. The van der Waals surface area contributed by atoms with Gasteiger partial charge in [-0.25, -0.2) is 0 Å². The molecular formula is C15H19NO4. The first-order valence-corrected chi connectivity index (χ1v) is 6.60. The monoisotopic (exact) mass is 277 g/mol. The lowest BCUT2D eigenvalue weighted by atomic mass is 10.0. The second-order valence-electron chi connectivity index (χ2n) is 4.87. The zero-order valence-corrected chi connectivity index (χ0v) is 12.1. The summed E-state index contributed by atoms with van der Waals surface area (Å²) < 4.78 is 10.2. The van der Waals surface area contributed by atoms with Gasteiger partial charge in [0.25, 0.3) is 11.7 Å². The molecule has 1 aromatic rings. The smallest absolute Gasteiger partial charge is 0.299 e. The Hall–Kier alpha value is -1.72. The number of hydrogen-bond acceptors (Lipinski definition) is 4.